The van der Waals surface area contributed by atoms with Gasteiger partial charge in [-0.2, -0.15) is 0 Å². The summed E-state index contributed by atoms with van der Waals surface area (Å²) >= 11 is 0. The number of esters is 1. The third-order valence-corrected chi connectivity index (χ3v) is 3.29. The number of hydrogen-bond acceptors (Lipinski definition) is 4. The van der Waals surface area contributed by atoms with Crippen molar-refractivity contribution in [2.45, 2.75) is 73.1 Å². The molecule has 0 radical (unpaired) electrons. The zero-order valence-electron chi connectivity index (χ0n) is 21.4. The zero-order valence-corrected chi connectivity index (χ0v) is 21.4. The first-order chi connectivity index (χ1) is 15.8. The molecule has 4 heteroatoms. The van der Waals surface area contributed by atoms with Gasteiger partial charge < -0.3 is 9.15 Å². The number of hydrogen-bond donors (Lipinski definition) is 0. The molecule has 0 spiro atoms. The third-order valence-electron chi connectivity index (χ3n) is 3.29. The van der Waals surface area contributed by atoms with E-state index in [1.807, 2.05) is 33.8 Å². The molecule has 0 amide bonds. The molecule has 0 atom stereocenters. The Morgan fingerprint density at radius 1 is 0.909 bits per heavy atom. The van der Waals surface area contributed by atoms with Crippen LogP contribution in [0.5, 0.6) is 5.75 Å². The molecule has 184 valence electrons. The van der Waals surface area contributed by atoms with Crippen LogP contribution in [-0.2, 0) is 4.79 Å². The van der Waals surface area contributed by atoms with Crippen molar-refractivity contribution in [3.63, 3.8) is 0 Å². The quantitative estimate of drug-likeness (QED) is 0.137. The van der Waals surface area contributed by atoms with E-state index < -0.39 is 5.63 Å². The number of carbonyl (C=O) groups excluding carboxylic acids is 1. The molecule has 0 aliphatic rings. The fraction of sp³-hybridized carbons (Fsp3) is 0.379. The van der Waals surface area contributed by atoms with Gasteiger partial charge in [0.2, 0.25) is 0 Å². The molecule has 0 unspecified atom stereocenters. The van der Waals surface area contributed by atoms with E-state index in [2.05, 4.69) is 33.2 Å². The van der Waals surface area contributed by atoms with Crippen molar-refractivity contribution in [2.24, 2.45) is 0 Å². The summed E-state index contributed by atoms with van der Waals surface area (Å²) in [6.45, 7) is 23.5. The second-order valence-electron chi connectivity index (χ2n) is 6.69. The largest absolute Gasteiger partial charge is 0.426 e. The molecule has 0 N–H and O–H groups in total. The Bertz CT molecular complexity index is 817. The smallest absolute Gasteiger partial charge is 0.336 e. The number of ether oxygens (including phenoxy) is 1. The second-order valence-corrected chi connectivity index (χ2v) is 6.69. The Balaban J connectivity index is -0.000000467. The van der Waals surface area contributed by atoms with Gasteiger partial charge in [0.15, 0.2) is 0 Å². The Morgan fingerprint density at radius 2 is 1.45 bits per heavy atom. The average Bonchev–Trinajstić information content (AvgIpc) is 2.76. The first-order valence-electron chi connectivity index (χ1n) is 11.4. The molecule has 1 aromatic carbocycles. The van der Waals surface area contributed by atoms with Gasteiger partial charge in [0, 0.05) is 23.9 Å². The lowest BCUT2D eigenvalue weighted by atomic mass is 10.2. The van der Waals surface area contributed by atoms with Crippen LogP contribution in [0.25, 0.3) is 11.0 Å². The minimum atomic E-state index is -0.422. The standard InChI is InChI=1S/C13H12O4.C7H14.3C3H6/c1-2-3-12(14)16-10-6-4-9-5-7-13(15)17-11(9)8-10;1-3-5-7-6-4-2;3*1-3-2/h4-8H,2-3H2,1H3;3H,1,4-7H2,2H3;3*3H,1H2,2H3. The molecule has 2 aromatic rings. The summed E-state index contributed by atoms with van der Waals surface area (Å²) in [6.07, 6.45) is 13.5. The van der Waals surface area contributed by atoms with Crippen LogP contribution in [0.15, 0.2) is 90.2 Å². The molecule has 2 rings (SSSR count). The van der Waals surface area contributed by atoms with Crippen molar-refractivity contribution >= 4 is 16.9 Å². The molecular formula is C29H44O4. The van der Waals surface area contributed by atoms with Crippen LogP contribution in [0, 0.1) is 0 Å². The van der Waals surface area contributed by atoms with Crippen molar-refractivity contribution in [3.05, 3.63) is 91.4 Å². The van der Waals surface area contributed by atoms with Crippen LogP contribution in [0.4, 0.5) is 0 Å². The summed E-state index contributed by atoms with van der Waals surface area (Å²) in [4.78, 5) is 22.3. The van der Waals surface area contributed by atoms with Crippen LogP contribution in [0.2, 0.25) is 0 Å². The maximum absolute atomic E-state index is 11.3. The molecule has 33 heavy (non-hydrogen) atoms. The summed E-state index contributed by atoms with van der Waals surface area (Å²) in [6, 6.07) is 7.98. The maximum Gasteiger partial charge on any atom is 0.336 e. The molecule has 0 fully saturated rings. The molecule has 1 aromatic heterocycles. The van der Waals surface area contributed by atoms with E-state index in [9.17, 15) is 9.59 Å². The highest BCUT2D eigenvalue weighted by Gasteiger charge is 2.05. The molecule has 4 nitrogen and oxygen atoms in total. The van der Waals surface area contributed by atoms with Crippen molar-refractivity contribution < 1.29 is 13.9 Å². The van der Waals surface area contributed by atoms with Gasteiger partial charge in [0.1, 0.15) is 11.3 Å². The van der Waals surface area contributed by atoms with Gasteiger partial charge in [-0.25, -0.2) is 4.79 Å². The molecule has 0 bridgehead atoms. The van der Waals surface area contributed by atoms with Gasteiger partial charge in [-0.15, -0.1) is 26.3 Å². The van der Waals surface area contributed by atoms with Crippen molar-refractivity contribution in [3.8, 4) is 5.75 Å². The summed E-state index contributed by atoms with van der Waals surface area (Å²) in [7, 11) is 0. The Morgan fingerprint density at radius 3 is 1.94 bits per heavy atom. The van der Waals surface area contributed by atoms with E-state index in [1.54, 1.807) is 42.5 Å². The van der Waals surface area contributed by atoms with Gasteiger partial charge in [0.25, 0.3) is 0 Å². The van der Waals surface area contributed by atoms with E-state index in [0.717, 1.165) is 11.8 Å². The van der Waals surface area contributed by atoms with Gasteiger partial charge >= 0.3 is 11.6 Å². The fourth-order valence-electron chi connectivity index (χ4n) is 2.03. The molecule has 1 heterocycles. The Kier molecular flexibility index (Phi) is 28.1. The highest BCUT2D eigenvalue weighted by Crippen LogP contribution is 2.19. The second kappa shape index (κ2) is 26.9. The average molecular weight is 457 g/mol. The van der Waals surface area contributed by atoms with Crippen LogP contribution < -0.4 is 10.4 Å². The lowest BCUT2D eigenvalue weighted by Crippen LogP contribution is -2.06. The summed E-state index contributed by atoms with van der Waals surface area (Å²) in [5.41, 5.74) is -0.00571. The minimum Gasteiger partial charge on any atom is -0.426 e. The van der Waals surface area contributed by atoms with Crippen LogP contribution in [0.3, 0.4) is 0 Å². The van der Waals surface area contributed by atoms with Crippen molar-refractivity contribution in [1.82, 2.24) is 0 Å². The van der Waals surface area contributed by atoms with Crippen LogP contribution in [-0.4, -0.2) is 5.97 Å². The maximum atomic E-state index is 11.3. The van der Waals surface area contributed by atoms with Crippen molar-refractivity contribution in [1.29, 1.82) is 0 Å². The van der Waals surface area contributed by atoms with E-state index >= 15 is 0 Å². The summed E-state index contributed by atoms with van der Waals surface area (Å²) in [5.74, 6) is 0.107. The number of carbonyl (C=O) groups is 1. The first kappa shape index (κ1) is 34.5. The highest BCUT2D eigenvalue weighted by molar-refractivity contribution is 5.79. The number of allylic oxidation sites excluding steroid dienone is 4. The zero-order chi connectivity index (χ0) is 25.9. The Hall–Kier alpha value is -3.14. The topological polar surface area (TPSA) is 56.5 Å². The molecular weight excluding hydrogens is 412 g/mol. The SMILES string of the molecule is C=CC.C=CC.C=CC.C=CCCCCC.CCCC(=O)Oc1ccc2ccc(=O)oc2c1. The predicted octanol–water partition coefficient (Wildman–Crippen LogP) is 8.83. The van der Waals surface area contributed by atoms with Crippen LogP contribution in [0.1, 0.15) is 73.1 Å². The number of benzene rings is 1. The lowest BCUT2D eigenvalue weighted by Gasteiger charge is -2.03. The predicted molar refractivity (Wildman–Crippen MR) is 145 cm³/mol. The summed E-state index contributed by atoms with van der Waals surface area (Å²) < 4.78 is 10.1. The normalized spacial score (nSPS) is 8.39. The number of unbranched alkanes of at least 4 members (excludes halogenated alkanes) is 3. The van der Waals surface area contributed by atoms with E-state index in [4.69, 9.17) is 9.15 Å². The van der Waals surface area contributed by atoms with E-state index in [0.29, 0.717) is 17.8 Å². The molecule has 0 aliphatic heterocycles. The minimum absolute atomic E-state index is 0.287. The summed E-state index contributed by atoms with van der Waals surface area (Å²) in [5, 5.41) is 0.792. The van der Waals surface area contributed by atoms with Crippen LogP contribution >= 0.6 is 0 Å². The van der Waals surface area contributed by atoms with Gasteiger partial charge in [-0.05, 0) is 58.2 Å². The highest BCUT2D eigenvalue weighted by atomic mass is 16.5. The fourth-order valence-corrected chi connectivity index (χ4v) is 2.03. The van der Waals surface area contributed by atoms with E-state index in [-0.39, 0.29) is 5.97 Å². The first-order valence-corrected chi connectivity index (χ1v) is 11.4. The van der Waals surface area contributed by atoms with Gasteiger partial charge in [-0.1, -0.05) is 51.0 Å². The molecule has 0 saturated carbocycles. The molecule has 0 saturated heterocycles. The van der Waals surface area contributed by atoms with Gasteiger partial charge in [0.05, 0.1) is 0 Å². The monoisotopic (exact) mass is 456 g/mol. The van der Waals surface area contributed by atoms with E-state index in [1.165, 1.54) is 31.7 Å². The van der Waals surface area contributed by atoms with Gasteiger partial charge in [-0.3, -0.25) is 4.79 Å². The number of rotatable bonds is 7. The Labute approximate surface area is 201 Å². The van der Waals surface area contributed by atoms with Crippen molar-refractivity contribution in [2.75, 3.05) is 0 Å². The molecule has 0 aliphatic carbocycles. The third kappa shape index (κ3) is 23.4. The lowest BCUT2D eigenvalue weighted by molar-refractivity contribution is -0.134. The number of fused-ring (bicyclic) bond motifs is 1.